The van der Waals surface area contributed by atoms with Gasteiger partial charge in [-0.3, -0.25) is 4.79 Å². The van der Waals surface area contributed by atoms with Crippen molar-refractivity contribution in [1.82, 2.24) is 4.31 Å². The Balaban J connectivity index is 1.90. The first-order valence-electron chi connectivity index (χ1n) is 9.17. The molecule has 150 valence electrons. The number of ether oxygens (including phenoxy) is 1. The van der Waals surface area contributed by atoms with E-state index in [1.807, 2.05) is 6.07 Å². The molecule has 1 N–H and O–H groups in total. The van der Waals surface area contributed by atoms with Crippen LogP contribution < -0.4 is 10.1 Å². The number of anilines is 1. The molecule has 0 radical (unpaired) electrons. The monoisotopic (exact) mass is 466 g/mol. The Hall–Kier alpha value is -1.90. The Morgan fingerprint density at radius 3 is 2.43 bits per heavy atom. The van der Waals surface area contributed by atoms with E-state index in [1.54, 1.807) is 24.3 Å². The molecule has 6 nitrogen and oxygen atoms in total. The lowest BCUT2D eigenvalue weighted by Gasteiger charge is -2.21. The van der Waals surface area contributed by atoms with Crippen molar-refractivity contribution in [2.45, 2.75) is 30.6 Å². The summed E-state index contributed by atoms with van der Waals surface area (Å²) in [7, 11) is -2.14. The predicted molar refractivity (Wildman–Crippen MR) is 112 cm³/mol. The van der Waals surface area contributed by atoms with Crippen molar-refractivity contribution in [3.63, 3.8) is 0 Å². The average molecular weight is 467 g/mol. The lowest BCUT2D eigenvalue weighted by Crippen LogP contribution is -2.32. The predicted octanol–water partition coefficient (Wildman–Crippen LogP) is 4.27. The minimum atomic E-state index is -3.62. The third kappa shape index (κ3) is 4.74. The van der Waals surface area contributed by atoms with Crippen molar-refractivity contribution in [3.8, 4) is 5.75 Å². The smallest absolute Gasteiger partial charge is 0.255 e. The van der Waals surface area contributed by atoms with Crippen molar-refractivity contribution in [2.24, 2.45) is 0 Å². The fourth-order valence-corrected chi connectivity index (χ4v) is 5.14. The number of carbonyl (C=O) groups is 1. The van der Waals surface area contributed by atoms with Crippen LogP contribution in [0, 0.1) is 0 Å². The molecule has 1 fully saturated rings. The van der Waals surface area contributed by atoms with Gasteiger partial charge >= 0.3 is 0 Å². The molecule has 0 aromatic heterocycles. The van der Waals surface area contributed by atoms with Crippen molar-refractivity contribution < 1.29 is 17.9 Å². The molecule has 1 heterocycles. The Labute approximate surface area is 174 Å². The van der Waals surface area contributed by atoms with E-state index in [-0.39, 0.29) is 10.8 Å². The molecule has 2 aromatic rings. The molecule has 1 amide bonds. The van der Waals surface area contributed by atoms with Gasteiger partial charge in [0.25, 0.3) is 5.91 Å². The molecule has 2 aromatic carbocycles. The van der Waals surface area contributed by atoms with Crippen molar-refractivity contribution in [3.05, 3.63) is 52.5 Å². The highest BCUT2D eigenvalue weighted by molar-refractivity contribution is 9.10. The molecule has 0 spiro atoms. The Morgan fingerprint density at radius 2 is 1.79 bits per heavy atom. The fourth-order valence-electron chi connectivity index (χ4n) is 3.20. The number of halogens is 1. The van der Waals surface area contributed by atoms with E-state index in [9.17, 15) is 13.2 Å². The number of benzene rings is 2. The number of hydrogen-bond acceptors (Lipinski definition) is 4. The van der Waals surface area contributed by atoms with E-state index in [0.717, 1.165) is 30.2 Å². The Morgan fingerprint density at radius 1 is 1.07 bits per heavy atom. The number of nitrogens with zero attached hydrogens (tertiary/aromatic N) is 1. The van der Waals surface area contributed by atoms with Crippen LogP contribution >= 0.6 is 15.9 Å². The zero-order valence-electron chi connectivity index (χ0n) is 15.7. The normalized spacial score (nSPS) is 15.6. The number of amides is 1. The summed E-state index contributed by atoms with van der Waals surface area (Å²) in [5, 5.41) is 2.76. The second kappa shape index (κ2) is 9.07. The quantitative estimate of drug-likeness (QED) is 0.713. The van der Waals surface area contributed by atoms with E-state index in [0.29, 0.717) is 30.1 Å². The molecule has 0 unspecified atom stereocenters. The molecule has 0 atom stereocenters. The molecule has 0 saturated carbocycles. The number of rotatable bonds is 5. The van der Waals surface area contributed by atoms with Crippen LogP contribution in [0.4, 0.5) is 5.69 Å². The van der Waals surface area contributed by atoms with Gasteiger partial charge in [0.2, 0.25) is 10.0 Å². The van der Waals surface area contributed by atoms with Crippen LogP contribution in [-0.2, 0) is 10.0 Å². The van der Waals surface area contributed by atoms with Gasteiger partial charge in [0.15, 0.2) is 0 Å². The van der Waals surface area contributed by atoms with Crippen molar-refractivity contribution >= 4 is 37.5 Å². The maximum atomic E-state index is 13.1. The molecular formula is C20H23BrN2O4S. The minimum absolute atomic E-state index is 0.153. The highest BCUT2D eigenvalue weighted by Gasteiger charge is 2.26. The lowest BCUT2D eigenvalue weighted by atomic mass is 10.2. The standard InChI is InChI=1S/C20H23BrN2O4S/c1-27-19-10-9-17(28(25,26)23-11-4-2-3-5-12-23)14-18(19)22-20(24)15-7-6-8-16(21)13-15/h6-10,13-14H,2-5,11-12H2,1H3,(H,22,24). The van der Waals surface area contributed by atoms with Crippen molar-refractivity contribution in [2.75, 3.05) is 25.5 Å². The summed E-state index contributed by atoms with van der Waals surface area (Å²) in [6, 6.07) is 11.5. The topological polar surface area (TPSA) is 75.7 Å². The van der Waals surface area contributed by atoms with Crippen LogP contribution in [0.5, 0.6) is 5.75 Å². The number of nitrogens with one attached hydrogen (secondary N) is 1. The molecule has 0 aliphatic carbocycles. The molecular weight excluding hydrogens is 444 g/mol. The maximum Gasteiger partial charge on any atom is 0.255 e. The van der Waals surface area contributed by atoms with Gasteiger partial charge < -0.3 is 10.1 Å². The van der Waals surface area contributed by atoms with Crippen LogP contribution in [0.3, 0.4) is 0 Å². The lowest BCUT2D eigenvalue weighted by molar-refractivity contribution is 0.102. The average Bonchev–Trinajstić information content (AvgIpc) is 2.98. The Kier molecular flexibility index (Phi) is 6.74. The van der Waals surface area contributed by atoms with Crippen LogP contribution in [0.2, 0.25) is 0 Å². The minimum Gasteiger partial charge on any atom is -0.495 e. The second-order valence-electron chi connectivity index (χ2n) is 6.64. The first kappa shape index (κ1) is 20.8. The van der Waals surface area contributed by atoms with E-state index >= 15 is 0 Å². The van der Waals surface area contributed by atoms with Gasteiger partial charge in [0.05, 0.1) is 17.7 Å². The van der Waals surface area contributed by atoms with Crippen LogP contribution in [0.25, 0.3) is 0 Å². The molecule has 28 heavy (non-hydrogen) atoms. The SMILES string of the molecule is COc1ccc(S(=O)(=O)N2CCCCCC2)cc1NC(=O)c1cccc(Br)c1. The highest BCUT2D eigenvalue weighted by atomic mass is 79.9. The summed E-state index contributed by atoms with van der Waals surface area (Å²) < 4.78 is 33.7. The summed E-state index contributed by atoms with van der Waals surface area (Å²) in [5.41, 5.74) is 0.778. The van der Waals surface area contributed by atoms with Gasteiger partial charge in [-0.1, -0.05) is 34.8 Å². The molecule has 0 bridgehead atoms. The largest absolute Gasteiger partial charge is 0.495 e. The zero-order valence-corrected chi connectivity index (χ0v) is 18.1. The third-order valence-corrected chi connectivity index (χ3v) is 7.10. The van der Waals surface area contributed by atoms with E-state index in [1.165, 1.54) is 23.5 Å². The maximum absolute atomic E-state index is 13.1. The molecule has 1 saturated heterocycles. The number of methoxy groups -OCH3 is 1. The zero-order chi connectivity index (χ0) is 20.1. The summed E-state index contributed by atoms with van der Waals surface area (Å²) in [6.45, 7) is 1.04. The molecule has 8 heteroatoms. The molecule has 1 aliphatic heterocycles. The van der Waals surface area contributed by atoms with Crippen LogP contribution in [0.1, 0.15) is 36.0 Å². The van der Waals surface area contributed by atoms with Gasteiger partial charge in [-0.15, -0.1) is 0 Å². The number of sulfonamides is 1. The van der Waals surface area contributed by atoms with E-state index in [4.69, 9.17) is 4.74 Å². The number of hydrogen-bond donors (Lipinski definition) is 1. The van der Waals surface area contributed by atoms with E-state index < -0.39 is 10.0 Å². The summed E-state index contributed by atoms with van der Waals surface area (Å²) >= 11 is 3.34. The summed E-state index contributed by atoms with van der Waals surface area (Å²) in [6.07, 6.45) is 3.81. The van der Waals surface area contributed by atoms with Crippen LogP contribution in [-0.4, -0.2) is 38.8 Å². The van der Waals surface area contributed by atoms with Gasteiger partial charge in [-0.2, -0.15) is 4.31 Å². The first-order chi connectivity index (χ1) is 13.4. The highest BCUT2D eigenvalue weighted by Crippen LogP contribution is 2.30. The summed E-state index contributed by atoms with van der Waals surface area (Å²) in [4.78, 5) is 12.7. The van der Waals surface area contributed by atoms with Crippen LogP contribution in [0.15, 0.2) is 51.8 Å². The van der Waals surface area contributed by atoms with E-state index in [2.05, 4.69) is 21.2 Å². The van der Waals surface area contributed by atoms with Gasteiger partial charge in [0.1, 0.15) is 5.75 Å². The first-order valence-corrected chi connectivity index (χ1v) is 11.4. The third-order valence-electron chi connectivity index (χ3n) is 4.71. The summed E-state index contributed by atoms with van der Waals surface area (Å²) in [5.74, 6) is 0.0575. The van der Waals surface area contributed by atoms with Gasteiger partial charge in [0, 0.05) is 23.1 Å². The second-order valence-corrected chi connectivity index (χ2v) is 9.50. The van der Waals surface area contributed by atoms with Crippen molar-refractivity contribution in [1.29, 1.82) is 0 Å². The van der Waals surface area contributed by atoms with Gasteiger partial charge in [-0.25, -0.2) is 8.42 Å². The van der Waals surface area contributed by atoms with Gasteiger partial charge in [-0.05, 0) is 49.2 Å². The Bertz CT molecular complexity index is 954. The molecule has 1 aliphatic rings. The molecule has 3 rings (SSSR count). The fraction of sp³-hybridized carbons (Fsp3) is 0.350. The number of carbonyl (C=O) groups excluding carboxylic acids is 1.